The van der Waals surface area contributed by atoms with Crippen LogP contribution in [0.15, 0.2) is 36.7 Å². The Balaban J connectivity index is 2.19. The van der Waals surface area contributed by atoms with Crippen molar-refractivity contribution in [3.8, 4) is 0 Å². The van der Waals surface area contributed by atoms with Gasteiger partial charge in [-0.15, -0.1) is 0 Å². The Kier molecular flexibility index (Phi) is 3.89. The first-order valence-corrected chi connectivity index (χ1v) is 5.88. The lowest BCUT2D eigenvalue weighted by molar-refractivity contribution is 0.281. The van der Waals surface area contributed by atoms with Crippen LogP contribution in [0.5, 0.6) is 0 Å². The number of anilines is 1. The maximum Gasteiger partial charge on any atom is 0.0717 e. The van der Waals surface area contributed by atoms with Crippen molar-refractivity contribution in [3.05, 3.63) is 53.6 Å². The second kappa shape index (κ2) is 5.60. The number of aromatic nitrogens is 2. The number of aliphatic hydroxyl groups excluding tert-OH is 1. The molecule has 0 saturated carbocycles. The van der Waals surface area contributed by atoms with Gasteiger partial charge in [0.1, 0.15) is 0 Å². The summed E-state index contributed by atoms with van der Waals surface area (Å²) in [5, 5.41) is 9.30. The number of hydrogen-bond acceptors (Lipinski definition) is 4. The molecule has 94 valence electrons. The minimum atomic E-state index is -0.00520. The third kappa shape index (κ3) is 2.84. The van der Waals surface area contributed by atoms with E-state index in [1.807, 2.05) is 38.2 Å². The van der Waals surface area contributed by atoms with Crippen LogP contribution in [0.4, 0.5) is 5.69 Å². The number of nitrogens with zero attached hydrogens (tertiary/aromatic N) is 3. The maximum atomic E-state index is 9.30. The molecule has 0 aromatic carbocycles. The van der Waals surface area contributed by atoms with Crippen LogP contribution < -0.4 is 4.90 Å². The van der Waals surface area contributed by atoms with Crippen molar-refractivity contribution < 1.29 is 5.11 Å². The van der Waals surface area contributed by atoms with Crippen molar-refractivity contribution in [2.24, 2.45) is 0 Å². The Labute approximate surface area is 107 Å². The Morgan fingerprint density at radius 2 is 2.11 bits per heavy atom. The zero-order valence-corrected chi connectivity index (χ0v) is 10.7. The van der Waals surface area contributed by atoms with Gasteiger partial charge in [0.15, 0.2) is 0 Å². The van der Waals surface area contributed by atoms with Crippen LogP contribution >= 0.6 is 0 Å². The lowest BCUT2D eigenvalue weighted by Gasteiger charge is -2.21. The van der Waals surface area contributed by atoms with Gasteiger partial charge in [-0.3, -0.25) is 9.97 Å². The highest BCUT2D eigenvalue weighted by atomic mass is 16.3. The molecule has 18 heavy (non-hydrogen) atoms. The molecule has 0 radical (unpaired) electrons. The molecule has 2 aromatic rings. The van der Waals surface area contributed by atoms with E-state index in [4.69, 9.17) is 0 Å². The fourth-order valence-corrected chi connectivity index (χ4v) is 1.93. The summed E-state index contributed by atoms with van der Waals surface area (Å²) in [4.78, 5) is 10.6. The Morgan fingerprint density at radius 3 is 2.83 bits per heavy atom. The molecule has 1 N–H and O–H groups in total. The molecular weight excluding hydrogens is 226 g/mol. The van der Waals surface area contributed by atoms with E-state index in [0.29, 0.717) is 6.54 Å². The van der Waals surface area contributed by atoms with Crippen LogP contribution in [0.1, 0.15) is 17.0 Å². The molecule has 0 aliphatic carbocycles. The normalized spacial score (nSPS) is 10.4. The van der Waals surface area contributed by atoms with Gasteiger partial charge in [-0.1, -0.05) is 6.07 Å². The zero-order chi connectivity index (χ0) is 13.0. The topological polar surface area (TPSA) is 49.2 Å². The van der Waals surface area contributed by atoms with E-state index in [9.17, 15) is 5.11 Å². The van der Waals surface area contributed by atoms with Crippen molar-refractivity contribution in [1.29, 1.82) is 0 Å². The second-order valence-electron chi connectivity index (χ2n) is 4.29. The van der Waals surface area contributed by atoms with Crippen LogP contribution in [-0.4, -0.2) is 22.1 Å². The van der Waals surface area contributed by atoms with Crippen molar-refractivity contribution in [1.82, 2.24) is 9.97 Å². The Morgan fingerprint density at radius 1 is 1.28 bits per heavy atom. The zero-order valence-electron chi connectivity index (χ0n) is 10.7. The van der Waals surface area contributed by atoms with Crippen molar-refractivity contribution in [3.63, 3.8) is 0 Å². The molecular formula is C14H17N3O. The number of aliphatic hydroxyl groups is 1. The highest BCUT2D eigenvalue weighted by Crippen LogP contribution is 2.19. The summed E-state index contributed by atoms with van der Waals surface area (Å²) < 4.78 is 0. The van der Waals surface area contributed by atoms with Gasteiger partial charge in [-0.05, 0) is 25.1 Å². The van der Waals surface area contributed by atoms with Crippen molar-refractivity contribution in [2.75, 3.05) is 11.9 Å². The first kappa shape index (κ1) is 12.5. The molecule has 4 heteroatoms. The van der Waals surface area contributed by atoms with Gasteiger partial charge in [0.05, 0.1) is 18.8 Å². The lowest BCUT2D eigenvalue weighted by Crippen LogP contribution is -2.19. The van der Waals surface area contributed by atoms with Crippen LogP contribution in [0.2, 0.25) is 0 Å². The van der Waals surface area contributed by atoms with Gasteiger partial charge in [-0.25, -0.2) is 0 Å². The first-order chi connectivity index (χ1) is 8.70. The molecule has 0 aliphatic rings. The van der Waals surface area contributed by atoms with Crippen molar-refractivity contribution in [2.45, 2.75) is 20.1 Å². The molecule has 0 amide bonds. The van der Waals surface area contributed by atoms with E-state index in [0.717, 1.165) is 22.6 Å². The third-order valence-corrected chi connectivity index (χ3v) is 2.80. The summed E-state index contributed by atoms with van der Waals surface area (Å²) in [6.07, 6.45) is 3.42. The van der Waals surface area contributed by atoms with Gasteiger partial charge < -0.3 is 10.0 Å². The quantitative estimate of drug-likeness (QED) is 0.891. The summed E-state index contributed by atoms with van der Waals surface area (Å²) in [6, 6.07) is 7.89. The third-order valence-electron chi connectivity index (χ3n) is 2.80. The molecule has 0 atom stereocenters. The number of hydrogen-bond donors (Lipinski definition) is 1. The molecule has 0 aliphatic heterocycles. The van der Waals surface area contributed by atoms with Crippen LogP contribution in [0.3, 0.4) is 0 Å². The number of aryl methyl sites for hydroxylation is 1. The lowest BCUT2D eigenvalue weighted by atomic mass is 10.2. The molecule has 0 fully saturated rings. The smallest absolute Gasteiger partial charge is 0.0717 e. The predicted molar refractivity (Wildman–Crippen MR) is 71.2 cm³/mol. The molecule has 0 saturated heterocycles. The summed E-state index contributed by atoms with van der Waals surface area (Å²) in [7, 11) is 1.98. The molecule has 2 rings (SSSR count). The van der Waals surface area contributed by atoms with Gasteiger partial charge in [-0.2, -0.15) is 0 Å². The summed E-state index contributed by atoms with van der Waals surface area (Å²) >= 11 is 0. The Hall–Kier alpha value is -1.94. The largest absolute Gasteiger partial charge is 0.392 e. The standard InChI is InChI=1S/C14H17N3O/c1-11-4-3-5-13(16-11)9-17(2)14-6-7-15-8-12(14)10-18/h3-8,18H,9-10H2,1-2H3. The molecule has 2 heterocycles. The van der Waals surface area contributed by atoms with E-state index in [-0.39, 0.29) is 6.61 Å². The first-order valence-electron chi connectivity index (χ1n) is 5.88. The molecule has 0 unspecified atom stereocenters. The van der Waals surface area contributed by atoms with Gasteiger partial charge in [0.25, 0.3) is 0 Å². The summed E-state index contributed by atoms with van der Waals surface area (Å²) in [6.45, 7) is 2.68. The average molecular weight is 243 g/mol. The van der Waals surface area contributed by atoms with E-state index < -0.39 is 0 Å². The average Bonchev–Trinajstić information content (AvgIpc) is 2.38. The summed E-state index contributed by atoms with van der Waals surface area (Å²) in [5.41, 5.74) is 3.83. The molecule has 2 aromatic heterocycles. The van der Waals surface area contributed by atoms with E-state index in [1.165, 1.54) is 0 Å². The summed E-state index contributed by atoms with van der Waals surface area (Å²) in [5.74, 6) is 0. The predicted octanol–water partition coefficient (Wildman–Crippen LogP) is 1.91. The SMILES string of the molecule is Cc1cccc(CN(C)c2ccncc2CO)n1. The highest BCUT2D eigenvalue weighted by Gasteiger charge is 2.07. The number of rotatable bonds is 4. The van der Waals surface area contributed by atoms with Crippen molar-refractivity contribution >= 4 is 5.69 Å². The molecule has 4 nitrogen and oxygen atoms in total. The van der Waals surface area contributed by atoms with Crippen LogP contribution in [0, 0.1) is 6.92 Å². The fraction of sp³-hybridized carbons (Fsp3) is 0.286. The van der Waals surface area contributed by atoms with Gasteiger partial charge >= 0.3 is 0 Å². The van der Waals surface area contributed by atoms with Crippen LogP contribution in [0.25, 0.3) is 0 Å². The molecule has 0 bridgehead atoms. The maximum absolute atomic E-state index is 9.30. The Bertz CT molecular complexity index is 528. The fourth-order valence-electron chi connectivity index (χ4n) is 1.93. The van der Waals surface area contributed by atoms with Gasteiger partial charge in [0, 0.05) is 36.4 Å². The van der Waals surface area contributed by atoms with E-state index >= 15 is 0 Å². The van der Waals surface area contributed by atoms with Gasteiger partial charge in [0.2, 0.25) is 0 Å². The highest BCUT2D eigenvalue weighted by molar-refractivity contribution is 5.51. The second-order valence-corrected chi connectivity index (χ2v) is 4.29. The minimum absolute atomic E-state index is 0.00520. The monoisotopic (exact) mass is 243 g/mol. The number of pyridine rings is 2. The van der Waals surface area contributed by atoms with E-state index in [2.05, 4.69) is 14.9 Å². The molecule has 0 spiro atoms. The van der Waals surface area contributed by atoms with Crippen LogP contribution in [-0.2, 0) is 13.2 Å². The van der Waals surface area contributed by atoms with E-state index in [1.54, 1.807) is 12.4 Å². The minimum Gasteiger partial charge on any atom is -0.392 e.